The highest BCUT2D eigenvalue weighted by atomic mass is 15.2. The fourth-order valence-corrected chi connectivity index (χ4v) is 2.32. The number of anilines is 2. The molecule has 0 aliphatic heterocycles. The number of aromatic nitrogens is 3. The van der Waals surface area contributed by atoms with Crippen molar-refractivity contribution >= 4 is 11.8 Å². The van der Waals surface area contributed by atoms with Gasteiger partial charge < -0.3 is 10.2 Å². The van der Waals surface area contributed by atoms with E-state index in [0.29, 0.717) is 5.95 Å². The number of nitrogens with zero attached hydrogens (tertiary/aromatic N) is 4. The Morgan fingerprint density at radius 1 is 0.870 bits per heavy atom. The maximum atomic E-state index is 4.54. The molecule has 116 valence electrons. The second kappa shape index (κ2) is 6.87. The Morgan fingerprint density at radius 3 is 2.35 bits per heavy atom. The van der Waals surface area contributed by atoms with Crippen LogP contribution in [0.1, 0.15) is 17.3 Å². The van der Waals surface area contributed by atoms with Crippen LogP contribution in [0.15, 0.2) is 67.0 Å². The zero-order valence-electron chi connectivity index (χ0n) is 13.2. The summed E-state index contributed by atoms with van der Waals surface area (Å²) in [7, 11) is 3.92. The summed E-state index contributed by atoms with van der Waals surface area (Å²) in [6, 6.07) is 17.9. The molecule has 0 spiro atoms. The van der Waals surface area contributed by atoms with Crippen LogP contribution in [0, 0.1) is 0 Å². The van der Waals surface area contributed by atoms with Crippen molar-refractivity contribution in [2.75, 3.05) is 24.3 Å². The van der Waals surface area contributed by atoms with Gasteiger partial charge in [-0.3, -0.25) is 4.98 Å². The van der Waals surface area contributed by atoms with Crippen LogP contribution in [0.25, 0.3) is 0 Å². The second-order valence-corrected chi connectivity index (χ2v) is 5.38. The Morgan fingerprint density at radius 2 is 1.65 bits per heavy atom. The highest BCUT2D eigenvalue weighted by molar-refractivity contribution is 5.44. The van der Waals surface area contributed by atoms with Crippen molar-refractivity contribution in [3.63, 3.8) is 0 Å². The van der Waals surface area contributed by atoms with Crippen molar-refractivity contribution in [3.05, 3.63) is 78.2 Å². The van der Waals surface area contributed by atoms with E-state index in [0.717, 1.165) is 17.1 Å². The van der Waals surface area contributed by atoms with Gasteiger partial charge in [-0.15, -0.1) is 0 Å². The van der Waals surface area contributed by atoms with Crippen molar-refractivity contribution in [1.82, 2.24) is 15.0 Å². The number of nitrogens with one attached hydrogen (secondary N) is 1. The van der Waals surface area contributed by atoms with Gasteiger partial charge in [-0.2, -0.15) is 4.98 Å². The average molecular weight is 305 g/mol. The molecule has 0 saturated carbocycles. The minimum absolute atomic E-state index is 0.102. The molecule has 0 fully saturated rings. The van der Waals surface area contributed by atoms with Crippen LogP contribution in [-0.4, -0.2) is 29.0 Å². The van der Waals surface area contributed by atoms with Gasteiger partial charge in [0.2, 0.25) is 5.95 Å². The molecular formula is C18H19N5. The topological polar surface area (TPSA) is 53.9 Å². The van der Waals surface area contributed by atoms with Crippen LogP contribution in [0.2, 0.25) is 0 Å². The molecule has 1 N–H and O–H groups in total. The molecule has 3 rings (SSSR count). The molecular weight excluding hydrogens is 286 g/mol. The second-order valence-electron chi connectivity index (χ2n) is 5.38. The fourth-order valence-electron chi connectivity index (χ4n) is 2.32. The van der Waals surface area contributed by atoms with Crippen LogP contribution in [0.3, 0.4) is 0 Å². The largest absolute Gasteiger partial charge is 0.363 e. The van der Waals surface area contributed by atoms with Gasteiger partial charge >= 0.3 is 0 Å². The van der Waals surface area contributed by atoms with Crippen molar-refractivity contribution in [1.29, 1.82) is 0 Å². The molecule has 0 saturated heterocycles. The first-order valence-electron chi connectivity index (χ1n) is 7.47. The predicted octanol–water partition coefficient (Wildman–Crippen LogP) is 3.14. The maximum absolute atomic E-state index is 4.54. The SMILES string of the molecule is CN(C)c1ccnc(NC(c2ccccc2)c2ccccn2)n1. The standard InChI is InChI=1S/C18H19N5/c1-23(2)16-11-13-20-18(21-16)22-17(14-8-4-3-5-9-14)15-10-6-7-12-19-15/h3-13,17H,1-2H3,(H,20,21,22). The Balaban J connectivity index is 1.95. The summed E-state index contributed by atoms with van der Waals surface area (Å²) >= 11 is 0. The highest BCUT2D eigenvalue weighted by Gasteiger charge is 2.16. The van der Waals surface area contributed by atoms with E-state index >= 15 is 0 Å². The van der Waals surface area contributed by atoms with Gasteiger partial charge in [-0.05, 0) is 23.8 Å². The van der Waals surface area contributed by atoms with Crippen molar-refractivity contribution in [2.45, 2.75) is 6.04 Å². The van der Waals surface area contributed by atoms with Crippen molar-refractivity contribution in [3.8, 4) is 0 Å². The van der Waals surface area contributed by atoms with Crippen molar-refractivity contribution in [2.24, 2.45) is 0 Å². The van der Waals surface area contributed by atoms with E-state index < -0.39 is 0 Å². The van der Waals surface area contributed by atoms with Crippen LogP contribution < -0.4 is 10.2 Å². The smallest absolute Gasteiger partial charge is 0.225 e. The van der Waals surface area contributed by atoms with Gasteiger partial charge in [0.15, 0.2) is 0 Å². The van der Waals surface area contributed by atoms with Gasteiger partial charge in [0, 0.05) is 26.5 Å². The Kier molecular flexibility index (Phi) is 4.47. The fraction of sp³-hybridized carbons (Fsp3) is 0.167. The lowest BCUT2D eigenvalue weighted by Crippen LogP contribution is -2.17. The highest BCUT2D eigenvalue weighted by Crippen LogP contribution is 2.24. The van der Waals surface area contributed by atoms with E-state index in [4.69, 9.17) is 0 Å². The first-order chi connectivity index (χ1) is 11.2. The molecule has 2 aromatic heterocycles. The predicted molar refractivity (Wildman–Crippen MR) is 92.5 cm³/mol. The monoisotopic (exact) mass is 305 g/mol. The van der Waals surface area contributed by atoms with Gasteiger partial charge in [0.25, 0.3) is 0 Å². The lowest BCUT2D eigenvalue weighted by atomic mass is 10.0. The van der Waals surface area contributed by atoms with Crippen LogP contribution in [0.5, 0.6) is 0 Å². The molecule has 1 unspecified atom stereocenters. The maximum Gasteiger partial charge on any atom is 0.225 e. The van der Waals surface area contributed by atoms with Gasteiger partial charge in [0.05, 0.1) is 11.7 Å². The molecule has 0 aliphatic carbocycles. The third-order valence-electron chi connectivity index (χ3n) is 3.49. The quantitative estimate of drug-likeness (QED) is 0.785. The van der Waals surface area contributed by atoms with Gasteiger partial charge in [-0.1, -0.05) is 36.4 Å². The van der Waals surface area contributed by atoms with E-state index in [1.807, 2.05) is 61.5 Å². The Bertz CT molecular complexity index is 704. The van der Waals surface area contributed by atoms with E-state index in [9.17, 15) is 0 Å². The van der Waals surface area contributed by atoms with Gasteiger partial charge in [0.1, 0.15) is 5.82 Å². The lowest BCUT2D eigenvalue weighted by molar-refractivity contribution is 0.863. The molecule has 0 aliphatic rings. The summed E-state index contributed by atoms with van der Waals surface area (Å²) in [6.45, 7) is 0. The first kappa shape index (κ1) is 15.0. The molecule has 1 atom stereocenters. The van der Waals surface area contributed by atoms with Crippen LogP contribution in [0.4, 0.5) is 11.8 Å². The van der Waals surface area contributed by atoms with Crippen LogP contribution >= 0.6 is 0 Å². The summed E-state index contributed by atoms with van der Waals surface area (Å²) in [4.78, 5) is 15.3. The first-order valence-corrected chi connectivity index (χ1v) is 7.47. The molecule has 1 aromatic carbocycles. The number of hydrogen-bond donors (Lipinski definition) is 1. The number of hydrogen-bond acceptors (Lipinski definition) is 5. The number of rotatable bonds is 5. The number of pyridine rings is 1. The summed E-state index contributed by atoms with van der Waals surface area (Å²) in [5, 5.41) is 3.40. The molecule has 3 aromatic rings. The Hall–Kier alpha value is -2.95. The van der Waals surface area contributed by atoms with E-state index in [1.165, 1.54) is 0 Å². The molecule has 5 nitrogen and oxygen atoms in total. The molecule has 0 radical (unpaired) electrons. The number of benzene rings is 1. The molecule has 23 heavy (non-hydrogen) atoms. The normalized spacial score (nSPS) is 11.7. The summed E-state index contributed by atoms with van der Waals surface area (Å²) < 4.78 is 0. The summed E-state index contributed by atoms with van der Waals surface area (Å²) in [6.07, 6.45) is 3.55. The Labute approximate surface area is 136 Å². The molecule has 0 bridgehead atoms. The molecule has 5 heteroatoms. The van der Waals surface area contributed by atoms with E-state index in [-0.39, 0.29) is 6.04 Å². The summed E-state index contributed by atoms with van der Waals surface area (Å²) in [5.74, 6) is 1.44. The lowest BCUT2D eigenvalue weighted by Gasteiger charge is -2.20. The molecule has 0 amide bonds. The summed E-state index contributed by atoms with van der Waals surface area (Å²) in [5.41, 5.74) is 2.04. The third kappa shape index (κ3) is 3.63. The van der Waals surface area contributed by atoms with Crippen molar-refractivity contribution < 1.29 is 0 Å². The minimum atomic E-state index is -0.102. The zero-order valence-corrected chi connectivity index (χ0v) is 13.2. The third-order valence-corrected chi connectivity index (χ3v) is 3.49. The minimum Gasteiger partial charge on any atom is -0.363 e. The zero-order chi connectivity index (χ0) is 16.1. The van der Waals surface area contributed by atoms with E-state index in [1.54, 1.807) is 12.4 Å². The average Bonchev–Trinajstić information content (AvgIpc) is 2.61. The van der Waals surface area contributed by atoms with Gasteiger partial charge in [-0.25, -0.2) is 4.98 Å². The molecule has 2 heterocycles. The van der Waals surface area contributed by atoms with E-state index in [2.05, 4.69) is 32.4 Å². The van der Waals surface area contributed by atoms with Crippen LogP contribution in [-0.2, 0) is 0 Å².